The van der Waals surface area contributed by atoms with Gasteiger partial charge in [-0.2, -0.15) is 0 Å². The summed E-state index contributed by atoms with van der Waals surface area (Å²) in [4.78, 5) is 11.9. The first-order valence-corrected chi connectivity index (χ1v) is 8.67. The minimum Gasteiger partial charge on any atom is -0.373 e. The Bertz CT molecular complexity index is 501. The molecule has 1 aromatic carbocycles. The Balaban J connectivity index is 1.71. The summed E-state index contributed by atoms with van der Waals surface area (Å²) < 4.78 is 5.81. The second-order valence-corrected chi connectivity index (χ2v) is 6.25. The quantitative estimate of drug-likeness (QED) is 0.626. The molecule has 2 unspecified atom stereocenters. The van der Waals surface area contributed by atoms with Crippen molar-refractivity contribution in [3.8, 4) is 12.3 Å². The molecule has 0 spiro atoms. The van der Waals surface area contributed by atoms with Crippen molar-refractivity contribution in [2.75, 3.05) is 24.7 Å². The van der Waals surface area contributed by atoms with Gasteiger partial charge in [-0.1, -0.05) is 36.3 Å². The number of rotatable bonds is 6. The van der Waals surface area contributed by atoms with Gasteiger partial charge in [0.25, 0.3) is 0 Å². The number of hydrogen-bond acceptors (Lipinski definition) is 3. The zero-order chi connectivity index (χ0) is 15.6. The standard InChI is InChI=1S/C17H22N2O2S/c1-2-11-22-12-9-18-17(20)19-15-8-10-21-16(13-15)14-6-4-3-5-7-14/h1,3-7,15-16H,8-13H2,(H2,18,19,20). The van der Waals surface area contributed by atoms with Gasteiger partial charge in [-0.15, -0.1) is 18.2 Å². The van der Waals surface area contributed by atoms with Gasteiger partial charge >= 0.3 is 6.03 Å². The maximum absolute atomic E-state index is 11.9. The number of thioether (sulfide) groups is 1. The number of nitrogens with one attached hydrogen (secondary N) is 2. The molecule has 118 valence electrons. The second-order valence-electron chi connectivity index (χ2n) is 5.15. The molecule has 2 rings (SSSR count). The molecule has 2 N–H and O–H groups in total. The monoisotopic (exact) mass is 318 g/mol. The van der Waals surface area contributed by atoms with Gasteiger partial charge in [-0.25, -0.2) is 4.79 Å². The maximum atomic E-state index is 11.9. The molecule has 0 bridgehead atoms. The number of amides is 2. The van der Waals surface area contributed by atoms with Crippen molar-refractivity contribution in [3.05, 3.63) is 35.9 Å². The fourth-order valence-corrected chi connectivity index (χ4v) is 2.94. The molecule has 5 heteroatoms. The molecule has 1 aliphatic heterocycles. The minimum atomic E-state index is -0.111. The highest BCUT2D eigenvalue weighted by Gasteiger charge is 2.24. The van der Waals surface area contributed by atoms with E-state index in [2.05, 4.69) is 28.7 Å². The molecule has 0 aromatic heterocycles. The third kappa shape index (κ3) is 5.63. The van der Waals surface area contributed by atoms with Gasteiger partial charge in [0.05, 0.1) is 11.9 Å². The molecule has 1 aromatic rings. The number of ether oxygens (including phenoxy) is 1. The van der Waals surface area contributed by atoms with E-state index in [1.54, 1.807) is 11.8 Å². The van der Waals surface area contributed by atoms with E-state index in [9.17, 15) is 4.79 Å². The van der Waals surface area contributed by atoms with E-state index in [0.717, 1.165) is 18.6 Å². The van der Waals surface area contributed by atoms with E-state index in [4.69, 9.17) is 11.2 Å². The summed E-state index contributed by atoms with van der Waals surface area (Å²) in [6.45, 7) is 1.30. The molecule has 1 saturated heterocycles. The maximum Gasteiger partial charge on any atom is 0.315 e. The third-order valence-corrected chi connectivity index (χ3v) is 4.37. The van der Waals surface area contributed by atoms with Crippen LogP contribution >= 0.6 is 11.8 Å². The predicted octanol–water partition coefficient (Wildman–Crippen LogP) is 2.57. The van der Waals surface area contributed by atoms with Crippen molar-refractivity contribution >= 4 is 17.8 Å². The lowest BCUT2D eigenvalue weighted by molar-refractivity contribution is 0.00228. The smallest absolute Gasteiger partial charge is 0.315 e. The molecule has 0 saturated carbocycles. The summed E-state index contributed by atoms with van der Waals surface area (Å²) in [5.74, 6) is 4.08. The van der Waals surface area contributed by atoms with Crippen LogP contribution in [-0.4, -0.2) is 36.7 Å². The molecular weight excluding hydrogens is 296 g/mol. The first kappa shape index (κ1) is 16.7. The Morgan fingerprint density at radius 3 is 3.00 bits per heavy atom. The zero-order valence-corrected chi connectivity index (χ0v) is 13.4. The number of hydrogen-bond donors (Lipinski definition) is 2. The normalized spacial score (nSPS) is 20.9. The van der Waals surface area contributed by atoms with Crippen LogP contribution in [0.1, 0.15) is 24.5 Å². The van der Waals surface area contributed by atoms with Gasteiger partial charge in [-0.3, -0.25) is 0 Å². The molecule has 0 radical (unpaired) electrons. The van der Waals surface area contributed by atoms with Crippen molar-refractivity contribution in [1.82, 2.24) is 10.6 Å². The van der Waals surface area contributed by atoms with Crippen molar-refractivity contribution in [2.24, 2.45) is 0 Å². The Kier molecular flexibility index (Phi) is 7.14. The van der Waals surface area contributed by atoms with E-state index in [0.29, 0.717) is 18.9 Å². The van der Waals surface area contributed by atoms with Crippen LogP contribution in [0.2, 0.25) is 0 Å². The lowest BCUT2D eigenvalue weighted by Gasteiger charge is -2.30. The van der Waals surface area contributed by atoms with Gasteiger partial charge < -0.3 is 15.4 Å². The Morgan fingerprint density at radius 2 is 2.23 bits per heavy atom. The molecule has 1 heterocycles. The van der Waals surface area contributed by atoms with E-state index >= 15 is 0 Å². The zero-order valence-electron chi connectivity index (χ0n) is 12.6. The summed E-state index contributed by atoms with van der Waals surface area (Å²) in [5.41, 5.74) is 1.17. The van der Waals surface area contributed by atoms with Gasteiger partial charge in [0.2, 0.25) is 0 Å². The average molecular weight is 318 g/mol. The van der Waals surface area contributed by atoms with Crippen LogP contribution in [0.25, 0.3) is 0 Å². The highest BCUT2D eigenvalue weighted by atomic mass is 32.2. The third-order valence-electron chi connectivity index (χ3n) is 3.51. The summed E-state index contributed by atoms with van der Waals surface area (Å²) >= 11 is 1.64. The van der Waals surface area contributed by atoms with Crippen LogP contribution in [0.15, 0.2) is 30.3 Å². The van der Waals surface area contributed by atoms with Gasteiger partial charge in [0.15, 0.2) is 0 Å². The van der Waals surface area contributed by atoms with Gasteiger partial charge in [-0.05, 0) is 18.4 Å². The van der Waals surface area contributed by atoms with Crippen molar-refractivity contribution in [2.45, 2.75) is 25.0 Å². The lowest BCUT2D eigenvalue weighted by Crippen LogP contribution is -2.45. The minimum absolute atomic E-state index is 0.0615. The molecule has 2 amide bonds. The molecule has 1 aliphatic rings. The largest absolute Gasteiger partial charge is 0.373 e. The first-order valence-electron chi connectivity index (χ1n) is 7.51. The predicted molar refractivity (Wildman–Crippen MR) is 90.8 cm³/mol. The molecule has 22 heavy (non-hydrogen) atoms. The van der Waals surface area contributed by atoms with Crippen LogP contribution < -0.4 is 10.6 Å². The molecule has 0 aliphatic carbocycles. The van der Waals surface area contributed by atoms with Crippen molar-refractivity contribution in [1.29, 1.82) is 0 Å². The highest BCUT2D eigenvalue weighted by molar-refractivity contribution is 7.99. The Hall–Kier alpha value is -1.64. The van der Waals surface area contributed by atoms with Gasteiger partial charge in [0, 0.05) is 24.9 Å². The van der Waals surface area contributed by atoms with Crippen LogP contribution in [0, 0.1) is 12.3 Å². The van der Waals surface area contributed by atoms with Crippen molar-refractivity contribution in [3.63, 3.8) is 0 Å². The second kappa shape index (κ2) is 9.39. The summed E-state index contributed by atoms with van der Waals surface area (Å²) in [6, 6.07) is 10.2. The van der Waals surface area contributed by atoms with Crippen LogP contribution in [-0.2, 0) is 4.74 Å². The van der Waals surface area contributed by atoms with E-state index in [-0.39, 0.29) is 18.2 Å². The lowest BCUT2D eigenvalue weighted by atomic mass is 9.97. The number of urea groups is 1. The SMILES string of the molecule is C#CCSCCNC(=O)NC1CCOC(c2ccccc2)C1. The summed E-state index contributed by atoms with van der Waals surface area (Å²) in [5, 5.41) is 5.89. The van der Waals surface area contributed by atoms with E-state index < -0.39 is 0 Å². The van der Waals surface area contributed by atoms with Crippen molar-refractivity contribution < 1.29 is 9.53 Å². The number of carbonyl (C=O) groups excluding carboxylic acids is 1. The molecular formula is C17H22N2O2S. The van der Waals surface area contributed by atoms with Gasteiger partial charge in [0.1, 0.15) is 0 Å². The molecule has 1 fully saturated rings. The first-order chi connectivity index (χ1) is 10.8. The summed E-state index contributed by atoms with van der Waals surface area (Å²) in [7, 11) is 0. The average Bonchev–Trinajstić information content (AvgIpc) is 2.56. The fraction of sp³-hybridized carbons (Fsp3) is 0.471. The molecule has 4 nitrogen and oxygen atoms in total. The fourth-order valence-electron chi connectivity index (χ4n) is 2.43. The topological polar surface area (TPSA) is 50.4 Å². The number of terminal acetylenes is 1. The van der Waals surface area contributed by atoms with E-state index in [1.807, 2.05) is 18.2 Å². The van der Waals surface area contributed by atoms with Crippen LogP contribution in [0.4, 0.5) is 4.79 Å². The Labute approximate surface area is 136 Å². The Morgan fingerprint density at radius 1 is 1.41 bits per heavy atom. The van der Waals surface area contributed by atoms with E-state index in [1.165, 1.54) is 5.56 Å². The summed E-state index contributed by atoms with van der Waals surface area (Å²) in [6.07, 6.45) is 6.89. The number of benzene rings is 1. The highest BCUT2D eigenvalue weighted by Crippen LogP contribution is 2.27. The van der Waals surface area contributed by atoms with Crippen LogP contribution in [0.5, 0.6) is 0 Å². The number of carbonyl (C=O) groups is 1. The molecule has 2 atom stereocenters. The van der Waals surface area contributed by atoms with Crippen LogP contribution in [0.3, 0.4) is 0 Å².